The maximum atomic E-state index is 12.3. The molecule has 6 nitrogen and oxygen atoms in total. The SMILES string of the molecule is Cc1ncc(CNC(=O)c2c(C)nn3cccnc23)s1. The first-order valence-corrected chi connectivity index (χ1v) is 6.96. The van der Waals surface area contributed by atoms with E-state index in [2.05, 4.69) is 20.4 Å². The van der Waals surface area contributed by atoms with Crippen molar-refractivity contribution < 1.29 is 4.79 Å². The van der Waals surface area contributed by atoms with Crippen molar-refractivity contribution in [2.45, 2.75) is 20.4 Å². The van der Waals surface area contributed by atoms with E-state index in [9.17, 15) is 4.79 Å². The summed E-state index contributed by atoms with van der Waals surface area (Å²) in [6, 6.07) is 1.78. The van der Waals surface area contributed by atoms with E-state index in [1.165, 1.54) is 0 Å². The fourth-order valence-corrected chi connectivity index (χ4v) is 2.74. The van der Waals surface area contributed by atoms with E-state index < -0.39 is 0 Å². The van der Waals surface area contributed by atoms with Gasteiger partial charge in [-0.05, 0) is 19.9 Å². The van der Waals surface area contributed by atoms with Gasteiger partial charge in [-0.25, -0.2) is 14.5 Å². The molecule has 0 unspecified atom stereocenters. The molecule has 102 valence electrons. The molecule has 0 saturated carbocycles. The molecule has 0 fully saturated rings. The summed E-state index contributed by atoms with van der Waals surface area (Å²) in [7, 11) is 0. The highest BCUT2D eigenvalue weighted by molar-refractivity contribution is 7.11. The van der Waals surface area contributed by atoms with Crippen LogP contribution in [-0.4, -0.2) is 25.5 Å². The smallest absolute Gasteiger partial charge is 0.257 e. The number of rotatable bonds is 3. The monoisotopic (exact) mass is 287 g/mol. The van der Waals surface area contributed by atoms with Crippen molar-refractivity contribution in [2.24, 2.45) is 0 Å². The summed E-state index contributed by atoms with van der Waals surface area (Å²) in [6.07, 6.45) is 5.21. The minimum atomic E-state index is -0.165. The number of amides is 1. The third kappa shape index (κ3) is 2.27. The number of hydrogen-bond donors (Lipinski definition) is 1. The van der Waals surface area contributed by atoms with Crippen LogP contribution in [0.25, 0.3) is 5.65 Å². The molecule has 3 aromatic heterocycles. The molecule has 0 radical (unpaired) electrons. The second kappa shape index (κ2) is 5.01. The van der Waals surface area contributed by atoms with Gasteiger partial charge in [-0.2, -0.15) is 5.10 Å². The molecule has 0 bridgehead atoms. The average molecular weight is 287 g/mol. The van der Waals surface area contributed by atoms with Gasteiger partial charge in [0.2, 0.25) is 0 Å². The highest BCUT2D eigenvalue weighted by atomic mass is 32.1. The Bertz CT molecular complexity index is 776. The highest BCUT2D eigenvalue weighted by Gasteiger charge is 2.17. The number of nitrogens with one attached hydrogen (secondary N) is 1. The van der Waals surface area contributed by atoms with Crippen molar-refractivity contribution in [3.05, 3.63) is 45.8 Å². The van der Waals surface area contributed by atoms with E-state index in [1.54, 1.807) is 47.4 Å². The maximum Gasteiger partial charge on any atom is 0.257 e. The molecular formula is C13H13N5OS. The predicted molar refractivity (Wildman–Crippen MR) is 75.7 cm³/mol. The molecule has 7 heteroatoms. The summed E-state index contributed by atoms with van der Waals surface area (Å²) in [5.41, 5.74) is 1.76. The number of nitrogens with zero attached hydrogens (tertiary/aromatic N) is 4. The molecule has 0 aliphatic heterocycles. The zero-order valence-electron chi connectivity index (χ0n) is 11.1. The first kappa shape index (κ1) is 12.7. The van der Waals surface area contributed by atoms with E-state index in [1.807, 2.05) is 6.92 Å². The Kier molecular flexibility index (Phi) is 3.19. The number of thiazole rings is 1. The van der Waals surface area contributed by atoms with Crippen molar-refractivity contribution >= 4 is 22.9 Å². The van der Waals surface area contributed by atoms with Gasteiger partial charge in [0, 0.05) is 23.5 Å². The second-order valence-electron chi connectivity index (χ2n) is 4.38. The van der Waals surface area contributed by atoms with Gasteiger partial charge in [0.1, 0.15) is 5.56 Å². The lowest BCUT2D eigenvalue weighted by atomic mass is 10.2. The molecule has 0 aliphatic carbocycles. The average Bonchev–Trinajstić information content (AvgIpc) is 2.98. The van der Waals surface area contributed by atoms with Crippen molar-refractivity contribution in [3.8, 4) is 0 Å². The number of aryl methyl sites for hydroxylation is 2. The number of hydrogen-bond acceptors (Lipinski definition) is 5. The van der Waals surface area contributed by atoms with Crippen molar-refractivity contribution in [2.75, 3.05) is 0 Å². The van der Waals surface area contributed by atoms with Gasteiger partial charge in [-0.3, -0.25) is 4.79 Å². The first-order valence-electron chi connectivity index (χ1n) is 6.14. The van der Waals surface area contributed by atoms with Gasteiger partial charge in [-0.15, -0.1) is 11.3 Å². The molecule has 0 saturated heterocycles. The van der Waals surface area contributed by atoms with Gasteiger partial charge in [0.15, 0.2) is 5.65 Å². The number of aromatic nitrogens is 4. The Labute approximate surface area is 119 Å². The van der Waals surface area contributed by atoms with Crippen LogP contribution < -0.4 is 5.32 Å². The minimum absolute atomic E-state index is 0.165. The van der Waals surface area contributed by atoms with Crippen LogP contribution in [0.1, 0.15) is 25.9 Å². The van der Waals surface area contributed by atoms with E-state index in [4.69, 9.17) is 0 Å². The Hall–Kier alpha value is -2.28. The molecule has 3 rings (SSSR count). The van der Waals surface area contributed by atoms with Crippen LogP contribution in [0, 0.1) is 13.8 Å². The van der Waals surface area contributed by atoms with Crippen LogP contribution in [0.5, 0.6) is 0 Å². The van der Waals surface area contributed by atoms with Crippen LogP contribution in [0.15, 0.2) is 24.7 Å². The summed E-state index contributed by atoms with van der Waals surface area (Å²) >= 11 is 1.57. The summed E-state index contributed by atoms with van der Waals surface area (Å²) in [5.74, 6) is -0.165. The zero-order chi connectivity index (χ0) is 14.1. The second-order valence-corrected chi connectivity index (χ2v) is 5.70. The zero-order valence-corrected chi connectivity index (χ0v) is 11.9. The predicted octanol–water partition coefficient (Wildman–Crippen LogP) is 1.73. The van der Waals surface area contributed by atoms with E-state index in [0.29, 0.717) is 23.4 Å². The fraction of sp³-hybridized carbons (Fsp3) is 0.231. The summed E-state index contributed by atoms with van der Waals surface area (Å²) in [6.45, 7) is 4.21. The fourth-order valence-electron chi connectivity index (χ4n) is 2.01. The number of fused-ring (bicyclic) bond motifs is 1. The number of carbonyl (C=O) groups is 1. The quantitative estimate of drug-likeness (QED) is 0.796. The highest BCUT2D eigenvalue weighted by Crippen LogP contribution is 2.14. The van der Waals surface area contributed by atoms with Crippen molar-refractivity contribution in [1.29, 1.82) is 0 Å². The first-order chi connectivity index (χ1) is 9.65. The van der Waals surface area contributed by atoms with Gasteiger partial charge in [0.25, 0.3) is 5.91 Å². The molecule has 3 aromatic rings. The molecule has 0 spiro atoms. The number of carbonyl (C=O) groups excluding carboxylic acids is 1. The molecule has 3 heterocycles. The van der Waals surface area contributed by atoms with Crippen LogP contribution >= 0.6 is 11.3 Å². The van der Waals surface area contributed by atoms with E-state index in [-0.39, 0.29) is 5.91 Å². The lowest BCUT2D eigenvalue weighted by Crippen LogP contribution is -2.23. The summed E-state index contributed by atoms with van der Waals surface area (Å²) in [5, 5.41) is 8.15. The summed E-state index contributed by atoms with van der Waals surface area (Å²) < 4.78 is 1.61. The topological polar surface area (TPSA) is 72.2 Å². The summed E-state index contributed by atoms with van der Waals surface area (Å²) in [4.78, 5) is 21.7. The van der Waals surface area contributed by atoms with Gasteiger partial charge >= 0.3 is 0 Å². The van der Waals surface area contributed by atoms with Gasteiger partial charge in [-0.1, -0.05) is 0 Å². The third-order valence-corrected chi connectivity index (χ3v) is 3.80. The van der Waals surface area contributed by atoms with E-state index in [0.717, 1.165) is 9.88 Å². The van der Waals surface area contributed by atoms with Gasteiger partial charge < -0.3 is 5.32 Å². The lowest BCUT2D eigenvalue weighted by molar-refractivity contribution is 0.0952. The Morgan fingerprint density at radius 1 is 1.40 bits per heavy atom. The molecule has 0 atom stereocenters. The van der Waals surface area contributed by atoms with Crippen LogP contribution in [0.2, 0.25) is 0 Å². The Morgan fingerprint density at radius 3 is 3.00 bits per heavy atom. The third-order valence-electron chi connectivity index (χ3n) is 2.89. The Balaban J connectivity index is 1.83. The normalized spacial score (nSPS) is 10.9. The Morgan fingerprint density at radius 2 is 2.25 bits per heavy atom. The van der Waals surface area contributed by atoms with Crippen LogP contribution in [0.3, 0.4) is 0 Å². The minimum Gasteiger partial charge on any atom is -0.347 e. The van der Waals surface area contributed by atoms with E-state index >= 15 is 0 Å². The molecule has 0 aromatic carbocycles. The molecular weight excluding hydrogens is 274 g/mol. The molecule has 20 heavy (non-hydrogen) atoms. The lowest BCUT2D eigenvalue weighted by Gasteiger charge is -2.02. The molecule has 0 aliphatic rings. The standard InChI is InChI=1S/C13H13N5OS/c1-8-11(12-14-4-3-5-18(12)17-8)13(19)16-7-10-6-15-9(2)20-10/h3-6H,7H2,1-2H3,(H,16,19). The van der Waals surface area contributed by atoms with Gasteiger partial charge in [0.05, 0.1) is 17.2 Å². The maximum absolute atomic E-state index is 12.3. The molecule has 1 N–H and O–H groups in total. The van der Waals surface area contributed by atoms with Crippen molar-refractivity contribution in [3.63, 3.8) is 0 Å². The van der Waals surface area contributed by atoms with Crippen LogP contribution in [0.4, 0.5) is 0 Å². The molecule has 1 amide bonds. The largest absolute Gasteiger partial charge is 0.347 e. The van der Waals surface area contributed by atoms with Crippen molar-refractivity contribution in [1.82, 2.24) is 24.9 Å². The van der Waals surface area contributed by atoms with Crippen LogP contribution in [-0.2, 0) is 6.54 Å².